The van der Waals surface area contributed by atoms with E-state index < -0.39 is 34.1 Å². The molecule has 3 N–H and O–H groups in total. The van der Waals surface area contributed by atoms with Crippen LogP contribution in [-0.4, -0.2) is 41.7 Å². The van der Waals surface area contributed by atoms with Crippen molar-refractivity contribution in [3.8, 4) is 11.5 Å². The Morgan fingerprint density at radius 2 is 2.10 bits per heavy atom. The molecule has 1 aliphatic rings. The number of aromatic hydroxyl groups is 1. The van der Waals surface area contributed by atoms with Gasteiger partial charge in [-0.2, -0.15) is 5.10 Å². The molecule has 10 nitrogen and oxygen atoms in total. The minimum Gasteiger partial charge on any atom is -0.500 e. The lowest BCUT2D eigenvalue weighted by molar-refractivity contribution is -0.386. The van der Waals surface area contributed by atoms with Crippen LogP contribution in [-0.2, 0) is 9.59 Å². The Morgan fingerprint density at radius 3 is 2.76 bits per heavy atom. The molecule has 0 aliphatic carbocycles. The van der Waals surface area contributed by atoms with Crippen molar-refractivity contribution in [3.05, 3.63) is 63.7 Å². The summed E-state index contributed by atoms with van der Waals surface area (Å²) < 4.78 is 4.91. The third-order valence-corrected chi connectivity index (χ3v) is 4.57. The van der Waals surface area contributed by atoms with Gasteiger partial charge in [0, 0.05) is 24.1 Å². The maximum absolute atomic E-state index is 12.5. The molecule has 10 heteroatoms. The zero-order valence-electron chi connectivity index (χ0n) is 15.4. The van der Waals surface area contributed by atoms with Gasteiger partial charge in [-0.25, -0.2) is 5.43 Å². The number of rotatable bonds is 6. The molecule has 2 aromatic carbocycles. The third kappa shape index (κ3) is 4.15. The van der Waals surface area contributed by atoms with Crippen LogP contribution in [0.4, 0.5) is 5.69 Å². The predicted octanol–water partition coefficient (Wildman–Crippen LogP) is 1.29. The van der Waals surface area contributed by atoms with Crippen molar-refractivity contribution in [2.45, 2.75) is 5.92 Å². The molecule has 2 amide bonds. The van der Waals surface area contributed by atoms with Crippen LogP contribution >= 0.6 is 0 Å². The highest BCUT2D eigenvalue weighted by molar-refractivity contribution is 6.03. The molecule has 1 fully saturated rings. The molecule has 2 aromatic rings. The van der Waals surface area contributed by atoms with Gasteiger partial charge in [0.15, 0.2) is 5.75 Å². The molecule has 2 unspecified atom stereocenters. The highest BCUT2D eigenvalue weighted by atomic mass is 16.6. The van der Waals surface area contributed by atoms with E-state index in [1.807, 2.05) is 30.3 Å². The van der Waals surface area contributed by atoms with Gasteiger partial charge in [0.25, 0.3) is 5.91 Å². The van der Waals surface area contributed by atoms with Gasteiger partial charge in [-0.15, -0.1) is 0 Å². The molecule has 2 atom stereocenters. The van der Waals surface area contributed by atoms with E-state index in [1.165, 1.54) is 13.2 Å². The topological polar surface area (TPSA) is 143 Å². The number of nitrogens with one attached hydrogen (secondary N) is 2. The fraction of sp³-hybridized carbons (Fsp3) is 0.211. The molecular weight excluding hydrogens is 380 g/mol. The van der Waals surface area contributed by atoms with E-state index in [0.29, 0.717) is 6.54 Å². The Labute approximate surface area is 165 Å². The van der Waals surface area contributed by atoms with Gasteiger partial charge in [-0.05, 0) is 11.6 Å². The quantitative estimate of drug-likeness (QED) is 0.290. The number of methoxy groups -OCH3 is 1. The zero-order chi connectivity index (χ0) is 21.0. The molecule has 0 saturated carbocycles. The summed E-state index contributed by atoms with van der Waals surface area (Å²) >= 11 is 0. The van der Waals surface area contributed by atoms with Crippen LogP contribution in [0.25, 0.3) is 0 Å². The number of nitro groups is 1. The van der Waals surface area contributed by atoms with Crippen molar-refractivity contribution >= 4 is 23.7 Å². The number of ether oxygens (including phenoxy) is 1. The molecule has 1 saturated heterocycles. The van der Waals surface area contributed by atoms with E-state index in [0.717, 1.165) is 17.8 Å². The Morgan fingerprint density at radius 1 is 1.38 bits per heavy atom. The lowest BCUT2D eigenvalue weighted by atomic mass is 9.88. The van der Waals surface area contributed by atoms with Crippen molar-refractivity contribution in [2.75, 3.05) is 13.7 Å². The second kappa shape index (κ2) is 8.38. The lowest BCUT2D eigenvalue weighted by Gasteiger charge is -2.15. The normalized spacial score (nSPS) is 18.4. The molecule has 0 radical (unpaired) electrons. The number of nitrogens with zero attached hydrogens (tertiary/aromatic N) is 2. The van der Waals surface area contributed by atoms with Gasteiger partial charge in [-0.1, -0.05) is 30.3 Å². The average molecular weight is 398 g/mol. The van der Waals surface area contributed by atoms with Crippen LogP contribution in [0.1, 0.15) is 17.0 Å². The minimum atomic E-state index is -0.946. The summed E-state index contributed by atoms with van der Waals surface area (Å²) in [5.41, 5.74) is 2.82. The predicted molar refractivity (Wildman–Crippen MR) is 103 cm³/mol. The van der Waals surface area contributed by atoms with Gasteiger partial charge < -0.3 is 15.2 Å². The Hall–Kier alpha value is -3.95. The van der Waals surface area contributed by atoms with Crippen molar-refractivity contribution in [2.24, 2.45) is 11.0 Å². The molecular formula is C19H18N4O6. The highest BCUT2D eigenvalue weighted by Gasteiger charge is 2.40. The Bertz CT molecular complexity index is 976. The van der Waals surface area contributed by atoms with Gasteiger partial charge in [0.1, 0.15) is 5.92 Å². The first-order valence-corrected chi connectivity index (χ1v) is 8.63. The van der Waals surface area contributed by atoms with Crippen molar-refractivity contribution in [3.63, 3.8) is 0 Å². The molecule has 0 spiro atoms. The van der Waals surface area contributed by atoms with E-state index in [1.54, 1.807) is 0 Å². The number of phenolic OH excluding ortho intramolecular Hbond substituents is 1. The summed E-state index contributed by atoms with van der Waals surface area (Å²) in [6.07, 6.45) is 1.16. The van der Waals surface area contributed by atoms with E-state index in [-0.39, 0.29) is 17.2 Å². The molecule has 1 aliphatic heterocycles. The fourth-order valence-corrected chi connectivity index (χ4v) is 3.16. The number of amides is 2. The summed E-state index contributed by atoms with van der Waals surface area (Å²) in [5.74, 6) is -2.97. The maximum atomic E-state index is 12.5. The smallest absolute Gasteiger partial charge is 0.315 e. The molecule has 150 valence electrons. The van der Waals surface area contributed by atoms with Gasteiger partial charge in [-0.3, -0.25) is 19.7 Å². The highest BCUT2D eigenvalue weighted by Crippen LogP contribution is 2.36. The van der Waals surface area contributed by atoms with Crippen molar-refractivity contribution < 1.29 is 24.4 Å². The van der Waals surface area contributed by atoms with E-state index in [9.17, 15) is 24.8 Å². The van der Waals surface area contributed by atoms with Gasteiger partial charge in [0.2, 0.25) is 11.7 Å². The number of hydrogen-bond acceptors (Lipinski definition) is 7. The standard InChI is InChI=1S/C19H18N4O6/c1-29-15-8-11(7-14(17(15)24)23(27)28)9-21-22-19(26)16-13(10-20-18(16)25)12-5-3-2-4-6-12/h2-9,13,16,24H,10H2,1H3,(H,20,25)(H,22,26). The van der Waals surface area contributed by atoms with Crippen LogP contribution in [0, 0.1) is 16.0 Å². The first-order chi connectivity index (χ1) is 13.9. The van der Waals surface area contributed by atoms with Crippen LogP contribution in [0.5, 0.6) is 11.5 Å². The summed E-state index contributed by atoms with van der Waals surface area (Å²) in [4.78, 5) is 34.9. The number of carbonyl (C=O) groups is 2. The number of hydrazone groups is 1. The van der Waals surface area contributed by atoms with E-state index >= 15 is 0 Å². The Balaban J connectivity index is 1.76. The van der Waals surface area contributed by atoms with Gasteiger partial charge >= 0.3 is 5.69 Å². The number of hydrogen-bond donors (Lipinski definition) is 3. The van der Waals surface area contributed by atoms with Crippen LogP contribution in [0.2, 0.25) is 0 Å². The van der Waals surface area contributed by atoms with E-state index in [2.05, 4.69) is 15.8 Å². The minimum absolute atomic E-state index is 0.105. The largest absolute Gasteiger partial charge is 0.500 e. The third-order valence-electron chi connectivity index (χ3n) is 4.57. The SMILES string of the molecule is COc1cc(C=NNC(=O)C2C(=O)NCC2c2ccccc2)cc([N+](=O)[O-])c1O. The zero-order valence-corrected chi connectivity index (χ0v) is 15.4. The molecule has 29 heavy (non-hydrogen) atoms. The number of nitro benzene ring substituents is 1. The summed E-state index contributed by atoms with van der Waals surface area (Å²) in [7, 11) is 1.25. The van der Waals surface area contributed by atoms with Crippen LogP contribution in [0.15, 0.2) is 47.6 Å². The molecule has 1 heterocycles. The molecule has 0 bridgehead atoms. The van der Waals surface area contributed by atoms with Gasteiger partial charge in [0.05, 0.1) is 18.2 Å². The Kier molecular flexibility index (Phi) is 5.72. The van der Waals surface area contributed by atoms with E-state index in [4.69, 9.17) is 4.74 Å². The summed E-state index contributed by atoms with van der Waals surface area (Å²) in [5, 5.41) is 27.3. The average Bonchev–Trinajstić information content (AvgIpc) is 3.10. The monoisotopic (exact) mass is 398 g/mol. The number of benzene rings is 2. The van der Waals surface area contributed by atoms with Crippen molar-refractivity contribution in [1.29, 1.82) is 0 Å². The van der Waals surface area contributed by atoms with Crippen LogP contribution < -0.4 is 15.5 Å². The summed E-state index contributed by atoms with van der Waals surface area (Å²) in [6.45, 7) is 0.339. The first kappa shape index (κ1) is 19.8. The maximum Gasteiger partial charge on any atom is 0.315 e. The van der Waals surface area contributed by atoms with Crippen LogP contribution in [0.3, 0.4) is 0 Å². The second-order valence-electron chi connectivity index (χ2n) is 6.32. The first-order valence-electron chi connectivity index (χ1n) is 8.63. The summed E-state index contributed by atoms with van der Waals surface area (Å²) in [6, 6.07) is 11.6. The number of phenols is 1. The second-order valence-corrected chi connectivity index (χ2v) is 6.32. The van der Waals surface area contributed by atoms with Crippen molar-refractivity contribution in [1.82, 2.24) is 10.7 Å². The number of carbonyl (C=O) groups excluding carboxylic acids is 2. The molecule has 3 rings (SSSR count). The fourth-order valence-electron chi connectivity index (χ4n) is 3.16. The molecule has 0 aromatic heterocycles. The lowest BCUT2D eigenvalue weighted by Crippen LogP contribution is -2.34.